The minimum atomic E-state index is -3.65. The SMILES string of the molecule is CCOc1cc(S(=O)(=O)NCc2ccc(OC)cc2)ccc1Cl. The molecule has 0 aromatic heterocycles. The summed E-state index contributed by atoms with van der Waals surface area (Å²) in [7, 11) is -2.07. The Hall–Kier alpha value is -1.76. The van der Waals surface area contributed by atoms with Crippen LogP contribution < -0.4 is 14.2 Å². The van der Waals surface area contributed by atoms with Gasteiger partial charge in [-0.3, -0.25) is 0 Å². The summed E-state index contributed by atoms with van der Waals surface area (Å²) in [5.41, 5.74) is 0.827. The molecule has 0 radical (unpaired) electrons. The zero-order valence-corrected chi connectivity index (χ0v) is 14.4. The van der Waals surface area contributed by atoms with Crippen molar-refractivity contribution in [3.05, 3.63) is 53.1 Å². The van der Waals surface area contributed by atoms with Crippen LogP contribution in [-0.2, 0) is 16.6 Å². The number of hydrogen-bond donors (Lipinski definition) is 1. The Bertz CT molecular complexity index is 760. The molecule has 2 aromatic rings. The second-order valence-corrected chi connectivity index (χ2v) is 6.87. The highest BCUT2D eigenvalue weighted by molar-refractivity contribution is 7.89. The molecule has 0 aliphatic carbocycles. The summed E-state index contributed by atoms with van der Waals surface area (Å²) in [6, 6.07) is 11.5. The molecule has 0 bridgehead atoms. The molecule has 2 rings (SSSR count). The minimum Gasteiger partial charge on any atom is -0.497 e. The van der Waals surface area contributed by atoms with E-state index < -0.39 is 10.0 Å². The Morgan fingerprint density at radius 2 is 1.83 bits per heavy atom. The van der Waals surface area contributed by atoms with Gasteiger partial charge in [0.15, 0.2) is 0 Å². The lowest BCUT2D eigenvalue weighted by Gasteiger charge is -2.10. The fourth-order valence-corrected chi connectivity index (χ4v) is 3.13. The van der Waals surface area contributed by atoms with Crippen molar-refractivity contribution in [1.82, 2.24) is 4.72 Å². The lowest BCUT2D eigenvalue weighted by molar-refractivity contribution is 0.339. The average Bonchev–Trinajstić information content (AvgIpc) is 2.55. The topological polar surface area (TPSA) is 64.6 Å². The van der Waals surface area contributed by atoms with Crippen molar-refractivity contribution >= 4 is 21.6 Å². The third kappa shape index (κ3) is 4.60. The lowest BCUT2D eigenvalue weighted by Crippen LogP contribution is -2.23. The second-order valence-electron chi connectivity index (χ2n) is 4.70. The molecule has 0 unspecified atom stereocenters. The van der Waals surface area contributed by atoms with E-state index in [2.05, 4.69) is 4.72 Å². The van der Waals surface area contributed by atoms with Gasteiger partial charge in [0, 0.05) is 12.6 Å². The van der Waals surface area contributed by atoms with Crippen molar-refractivity contribution in [2.75, 3.05) is 13.7 Å². The number of methoxy groups -OCH3 is 1. The first kappa shape index (κ1) is 17.6. The first-order chi connectivity index (χ1) is 11.0. The van der Waals surface area contributed by atoms with E-state index in [0.29, 0.717) is 17.4 Å². The standard InChI is InChI=1S/C16H18ClNO4S/c1-3-22-16-10-14(8-9-15(16)17)23(19,20)18-11-12-4-6-13(21-2)7-5-12/h4-10,18H,3,11H2,1-2H3. The van der Waals surface area contributed by atoms with E-state index in [-0.39, 0.29) is 11.4 Å². The molecule has 0 saturated heterocycles. The van der Waals surface area contributed by atoms with Gasteiger partial charge in [-0.2, -0.15) is 0 Å². The molecule has 0 aliphatic rings. The fourth-order valence-electron chi connectivity index (χ4n) is 1.92. The molecule has 0 heterocycles. The number of ether oxygens (including phenoxy) is 2. The second kappa shape index (κ2) is 7.68. The van der Waals surface area contributed by atoms with Crippen LogP contribution >= 0.6 is 11.6 Å². The monoisotopic (exact) mass is 355 g/mol. The largest absolute Gasteiger partial charge is 0.497 e. The predicted octanol–water partition coefficient (Wildman–Crippen LogP) is 3.23. The summed E-state index contributed by atoms with van der Waals surface area (Å²) in [6.45, 7) is 2.39. The maximum atomic E-state index is 12.4. The fraction of sp³-hybridized carbons (Fsp3) is 0.250. The molecule has 23 heavy (non-hydrogen) atoms. The van der Waals surface area contributed by atoms with Gasteiger partial charge >= 0.3 is 0 Å². The van der Waals surface area contributed by atoms with Gasteiger partial charge < -0.3 is 9.47 Å². The van der Waals surface area contributed by atoms with Crippen LogP contribution in [0.3, 0.4) is 0 Å². The smallest absolute Gasteiger partial charge is 0.241 e. The van der Waals surface area contributed by atoms with Crippen LogP contribution in [0.1, 0.15) is 12.5 Å². The molecule has 0 atom stereocenters. The van der Waals surface area contributed by atoms with E-state index in [9.17, 15) is 8.42 Å². The summed E-state index contributed by atoms with van der Waals surface area (Å²) >= 11 is 5.97. The maximum Gasteiger partial charge on any atom is 0.241 e. The van der Waals surface area contributed by atoms with Crippen molar-refractivity contribution in [2.45, 2.75) is 18.4 Å². The van der Waals surface area contributed by atoms with Crippen molar-refractivity contribution < 1.29 is 17.9 Å². The Kier molecular flexibility index (Phi) is 5.87. The molecule has 0 saturated carbocycles. The molecule has 0 aliphatic heterocycles. The van der Waals surface area contributed by atoms with Gasteiger partial charge in [0.1, 0.15) is 11.5 Å². The van der Waals surface area contributed by atoms with E-state index in [1.54, 1.807) is 38.3 Å². The zero-order valence-electron chi connectivity index (χ0n) is 12.9. The van der Waals surface area contributed by atoms with E-state index in [1.165, 1.54) is 18.2 Å². The Balaban J connectivity index is 2.13. The molecule has 0 fully saturated rings. The summed E-state index contributed by atoms with van der Waals surface area (Å²) < 4.78 is 37.7. The van der Waals surface area contributed by atoms with Gasteiger partial charge in [-0.25, -0.2) is 13.1 Å². The normalized spacial score (nSPS) is 11.3. The van der Waals surface area contributed by atoms with E-state index in [4.69, 9.17) is 21.1 Å². The molecular formula is C16H18ClNO4S. The quantitative estimate of drug-likeness (QED) is 0.828. The Morgan fingerprint density at radius 3 is 2.43 bits per heavy atom. The third-order valence-electron chi connectivity index (χ3n) is 3.14. The predicted molar refractivity (Wildman–Crippen MR) is 89.6 cm³/mol. The minimum absolute atomic E-state index is 0.110. The van der Waals surface area contributed by atoms with Crippen LogP contribution in [0.15, 0.2) is 47.4 Å². The number of sulfonamides is 1. The molecule has 5 nitrogen and oxygen atoms in total. The molecule has 1 N–H and O–H groups in total. The van der Waals surface area contributed by atoms with Gasteiger partial charge in [-0.1, -0.05) is 23.7 Å². The number of rotatable bonds is 7. The zero-order chi connectivity index (χ0) is 16.9. The number of benzene rings is 2. The van der Waals surface area contributed by atoms with E-state index in [0.717, 1.165) is 11.3 Å². The highest BCUT2D eigenvalue weighted by Crippen LogP contribution is 2.27. The summed E-state index contributed by atoms with van der Waals surface area (Å²) in [6.07, 6.45) is 0. The van der Waals surface area contributed by atoms with Gasteiger partial charge in [-0.05, 0) is 36.8 Å². The molecule has 2 aromatic carbocycles. The maximum absolute atomic E-state index is 12.4. The van der Waals surface area contributed by atoms with Crippen LogP contribution in [0.4, 0.5) is 0 Å². The van der Waals surface area contributed by atoms with Gasteiger partial charge in [-0.15, -0.1) is 0 Å². The van der Waals surface area contributed by atoms with E-state index >= 15 is 0 Å². The third-order valence-corrected chi connectivity index (χ3v) is 4.85. The van der Waals surface area contributed by atoms with Gasteiger partial charge in [0.25, 0.3) is 0 Å². The number of nitrogens with one attached hydrogen (secondary N) is 1. The lowest BCUT2D eigenvalue weighted by atomic mass is 10.2. The van der Waals surface area contributed by atoms with Crippen LogP contribution in [-0.4, -0.2) is 22.1 Å². The van der Waals surface area contributed by atoms with Crippen LogP contribution in [0.25, 0.3) is 0 Å². The van der Waals surface area contributed by atoms with Crippen molar-refractivity contribution in [2.24, 2.45) is 0 Å². The summed E-state index contributed by atoms with van der Waals surface area (Å²) in [5, 5.41) is 0.376. The van der Waals surface area contributed by atoms with Crippen molar-refractivity contribution in [1.29, 1.82) is 0 Å². The molecule has 0 spiro atoms. The van der Waals surface area contributed by atoms with Gasteiger partial charge in [0.2, 0.25) is 10.0 Å². The highest BCUT2D eigenvalue weighted by atomic mass is 35.5. The van der Waals surface area contributed by atoms with Crippen LogP contribution in [0, 0.1) is 0 Å². The highest BCUT2D eigenvalue weighted by Gasteiger charge is 2.16. The average molecular weight is 356 g/mol. The van der Waals surface area contributed by atoms with Crippen LogP contribution in [0.2, 0.25) is 5.02 Å². The van der Waals surface area contributed by atoms with Crippen molar-refractivity contribution in [3.8, 4) is 11.5 Å². The Labute approximate surface area is 141 Å². The first-order valence-corrected chi connectivity index (χ1v) is 8.87. The molecule has 124 valence electrons. The van der Waals surface area contributed by atoms with Crippen molar-refractivity contribution in [3.63, 3.8) is 0 Å². The van der Waals surface area contributed by atoms with Gasteiger partial charge in [0.05, 0.1) is 23.6 Å². The molecular weight excluding hydrogens is 338 g/mol. The number of halogens is 1. The Morgan fingerprint density at radius 1 is 1.13 bits per heavy atom. The van der Waals surface area contributed by atoms with E-state index in [1.807, 2.05) is 0 Å². The number of hydrogen-bond acceptors (Lipinski definition) is 4. The summed E-state index contributed by atoms with van der Waals surface area (Å²) in [4.78, 5) is 0.110. The summed E-state index contributed by atoms with van der Waals surface area (Å²) in [5.74, 6) is 1.07. The van der Waals surface area contributed by atoms with Crippen LogP contribution in [0.5, 0.6) is 11.5 Å². The molecule has 0 amide bonds. The first-order valence-electron chi connectivity index (χ1n) is 7.01. The molecule has 7 heteroatoms.